The van der Waals surface area contributed by atoms with Gasteiger partial charge in [-0.1, -0.05) is 0 Å². The van der Waals surface area contributed by atoms with Gasteiger partial charge in [-0.3, -0.25) is 9.58 Å². The number of hydrogen-bond acceptors (Lipinski definition) is 5. The average Bonchev–Trinajstić information content (AvgIpc) is 3.44. The van der Waals surface area contributed by atoms with E-state index in [0.29, 0.717) is 37.3 Å². The van der Waals surface area contributed by atoms with Gasteiger partial charge in [0, 0.05) is 28.9 Å². The standard InChI is InChI=1S/C22H27N3O5/c1-14-2-5-18-19(25(14)21(27)28)7-6-17(15-8-23-24(9-15)16-3-4-16)20(18)30-13-22(10-26)11-29-12-22/h6-9,14,16,26H,2-5,10-13H2,1H3,(H,27,28)/t14-/m0/s1. The van der Waals surface area contributed by atoms with E-state index in [1.54, 1.807) is 0 Å². The van der Waals surface area contributed by atoms with Crippen molar-refractivity contribution in [1.82, 2.24) is 9.78 Å². The molecule has 1 saturated carbocycles. The molecule has 8 nitrogen and oxygen atoms in total. The molecule has 1 amide bonds. The van der Waals surface area contributed by atoms with Crippen molar-refractivity contribution in [1.29, 1.82) is 0 Å². The normalized spacial score (nSPS) is 22.3. The Kier molecular flexibility index (Phi) is 4.71. The van der Waals surface area contributed by atoms with Crippen molar-refractivity contribution < 1.29 is 24.5 Å². The van der Waals surface area contributed by atoms with Crippen molar-refractivity contribution in [3.05, 3.63) is 30.1 Å². The lowest BCUT2D eigenvalue weighted by molar-refractivity contribution is -0.153. The van der Waals surface area contributed by atoms with Crippen LogP contribution in [0.1, 0.15) is 37.8 Å². The maximum absolute atomic E-state index is 11.9. The number of aliphatic hydroxyl groups excluding tert-OH is 1. The SMILES string of the molecule is C[C@H]1CCc2c(ccc(-c3cnn(C4CC4)c3)c2OCC2(CO)COC2)N1C(=O)O. The number of nitrogens with zero attached hydrogens (tertiary/aromatic N) is 3. The molecule has 2 fully saturated rings. The highest BCUT2D eigenvalue weighted by Crippen LogP contribution is 2.44. The number of ether oxygens (including phenoxy) is 2. The average molecular weight is 413 g/mol. The number of hydrogen-bond donors (Lipinski definition) is 2. The number of amides is 1. The van der Waals surface area contributed by atoms with Gasteiger partial charge in [0.2, 0.25) is 0 Å². The van der Waals surface area contributed by atoms with Crippen LogP contribution in [0.15, 0.2) is 24.5 Å². The summed E-state index contributed by atoms with van der Waals surface area (Å²) in [7, 11) is 0. The molecule has 0 unspecified atom stereocenters. The third-order valence-electron chi connectivity index (χ3n) is 6.46. The number of rotatable bonds is 6. The fraction of sp³-hybridized carbons (Fsp3) is 0.545. The predicted molar refractivity (Wildman–Crippen MR) is 110 cm³/mol. The van der Waals surface area contributed by atoms with Gasteiger partial charge in [0.25, 0.3) is 0 Å². The zero-order valence-electron chi connectivity index (χ0n) is 17.1. The first-order valence-electron chi connectivity index (χ1n) is 10.6. The van der Waals surface area contributed by atoms with Crippen LogP contribution in [0, 0.1) is 5.41 Å². The molecule has 1 saturated heterocycles. The van der Waals surface area contributed by atoms with E-state index in [0.717, 1.165) is 42.4 Å². The van der Waals surface area contributed by atoms with Crippen LogP contribution in [-0.4, -0.2) is 58.6 Å². The number of anilines is 1. The maximum atomic E-state index is 11.9. The van der Waals surface area contributed by atoms with Gasteiger partial charge in [0.05, 0.1) is 43.2 Å². The minimum absolute atomic E-state index is 0.00471. The Morgan fingerprint density at radius 3 is 2.77 bits per heavy atom. The van der Waals surface area contributed by atoms with Crippen LogP contribution in [0.25, 0.3) is 11.1 Å². The van der Waals surface area contributed by atoms with Crippen molar-refractivity contribution in [2.75, 3.05) is 31.3 Å². The highest BCUT2D eigenvalue weighted by atomic mass is 16.5. The monoisotopic (exact) mass is 413 g/mol. The first kappa shape index (κ1) is 19.4. The fourth-order valence-electron chi connectivity index (χ4n) is 4.34. The summed E-state index contributed by atoms with van der Waals surface area (Å²) < 4.78 is 13.6. The predicted octanol–water partition coefficient (Wildman–Crippen LogP) is 3.09. The van der Waals surface area contributed by atoms with Crippen LogP contribution in [0.4, 0.5) is 10.5 Å². The summed E-state index contributed by atoms with van der Waals surface area (Å²) in [5.74, 6) is 0.695. The van der Waals surface area contributed by atoms with E-state index in [1.807, 2.05) is 36.1 Å². The lowest BCUT2D eigenvalue weighted by Gasteiger charge is -2.40. The van der Waals surface area contributed by atoms with Crippen molar-refractivity contribution >= 4 is 11.8 Å². The van der Waals surface area contributed by atoms with E-state index < -0.39 is 11.5 Å². The molecule has 2 aromatic rings. The number of carbonyl (C=O) groups is 1. The number of aliphatic hydroxyl groups is 1. The Hall–Kier alpha value is -2.58. The Bertz CT molecular complexity index is 958. The van der Waals surface area contributed by atoms with Crippen LogP contribution >= 0.6 is 0 Å². The fourth-order valence-corrected chi connectivity index (χ4v) is 4.34. The molecular weight excluding hydrogens is 386 g/mol. The Labute approximate surface area is 175 Å². The number of benzene rings is 1. The Morgan fingerprint density at radius 1 is 1.33 bits per heavy atom. The molecule has 0 spiro atoms. The Morgan fingerprint density at radius 2 is 2.13 bits per heavy atom. The lowest BCUT2D eigenvalue weighted by atomic mass is 9.88. The van der Waals surface area contributed by atoms with Crippen molar-refractivity contribution in [3.8, 4) is 16.9 Å². The highest BCUT2D eigenvalue weighted by molar-refractivity contribution is 5.91. The van der Waals surface area contributed by atoms with Gasteiger partial charge in [-0.2, -0.15) is 5.10 Å². The van der Waals surface area contributed by atoms with Gasteiger partial charge in [-0.25, -0.2) is 4.79 Å². The van der Waals surface area contributed by atoms with E-state index in [1.165, 1.54) is 4.90 Å². The van der Waals surface area contributed by atoms with Crippen LogP contribution in [0.3, 0.4) is 0 Å². The largest absolute Gasteiger partial charge is 0.492 e. The highest BCUT2D eigenvalue weighted by Gasteiger charge is 2.40. The van der Waals surface area contributed by atoms with Crippen molar-refractivity contribution in [2.24, 2.45) is 5.41 Å². The van der Waals surface area contributed by atoms with Gasteiger partial charge >= 0.3 is 6.09 Å². The molecule has 3 heterocycles. The summed E-state index contributed by atoms with van der Waals surface area (Å²) in [5.41, 5.74) is 3.06. The first-order chi connectivity index (χ1) is 14.5. The summed E-state index contributed by atoms with van der Waals surface area (Å²) in [5, 5.41) is 24.1. The van der Waals surface area contributed by atoms with E-state index in [9.17, 15) is 15.0 Å². The van der Waals surface area contributed by atoms with Crippen molar-refractivity contribution in [3.63, 3.8) is 0 Å². The molecule has 30 heavy (non-hydrogen) atoms. The molecule has 1 aromatic heterocycles. The summed E-state index contributed by atoms with van der Waals surface area (Å²) >= 11 is 0. The molecule has 2 N–H and O–H groups in total. The molecular formula is C22H27N3O5. The molecule has 160 valence electrons. The van der Waals surface area contributed by atoms with Crippen LogP contribution in [-0.2, 0) is 11.2 Å². The first-order valence-corrected chi connectivity index (χ1v) is 10.6. The molecule has 0 radical (unpaired) electrons. The molecule has 0 bridgehead atoms. The summed E-state index contributed by atoms with van der Waals surface area (Å²) in [6, 6.07) is 4.20. The molecule has 5 rings (SSSR count). The van der Waals surface area contributed by atoms with E-state index in [2.05, 4.69) is 5.10 Å². The van der Waals surface area contributed by atoms with Gasteiger partial charge < -0.3 is 19.7 Å². The molecule has 1 atom stereocenters. The number of fused-ring (bicyclic) bond motifs is 1. The van der Waals surface area contributed by atoms with Gasteiger partial charge in [-0.15, -0.1) is 0 Å². The van der Waals surface area contributed by atoms with E-state index in [-0.39, 0.29) is 12.6 Å². The number of carboxylic acid groups (broad SMARTS) is 1. The van der Waals surface area contributed by atoms with Crippen LogP contribution in [0.5, 0.6) is 5.75 Å². The zero-order valence-corrected chi connectivity index (χ0v) is 17.1. The molecule has 2 aliphatic heterocycles. The van der Waals surface area contributed by atoms with Gasteiger partial charge in [0.1, 0.15) is 12.4 Å². The minimum atomic E-state index is -0.956. The van der Waals surface area contributed by atoms with Gasteiger partial charge in [0.15, 0.2) is 0 Å². The van der Waals surface area contributed by atoms with E-state index in [4.69, 9.17) is 9.47 Å². The molecule has 3 aliphatic rings. The zero-order chi connectivity index (χ0) is 20.9. The molecule has 8 heteroatoms. The molecule has 1 aromatic carbocycles. The van der Waals surface area contributed by atoms with Gasteiger partial charge in [-0.05, 0) is 44.7 Å². The summed E-state index contributed by atoms with van der Waals surface area (Å²) in [6.07, 6.45) is 6.71. The number of aromatic nitrogens is 2. The van der Waals surface area contributed by atoms with Crippen LogP contribution in [0.2, 0.25) is 0 Å². The topological polar surface area (TPSA) is 97.1 Å². The van der Waals surface area contributed by atoms with Crippen LogP contribution < -0.4 is 9.64 Å². The third-order valence-corrected chi connectivity index (χ3v) is 6.46. The van der Waals surface area contributed by atoms with E-state index >= 15 is 0 Å². The van der Waals surface area contributed by atoms with Crippen molar-refractivity contribution in [2.45, 2.75) is 44.7 Å². The molecule has 1 aliphatic carbocycles. The Balaban J connectivity index is 1.56. The second-order valence-electron chi connectivity index (χ2n) is 8.86. The summed E-state index contributed by atoms with van der Waals surface area (Å²) in [4.78, 5) is 13.3. The second-order valence-corrected chi connectivity index (χ2v) is 8.86. The second kappa shape index (κ2) is 7.28. The smallest absolute Gasteiger partial charge is 0.412 e. The quantitative estimate of drug-likeness (QED) is 0.755. The third kappa shape index (κ3) is 3.24. The summed E-state index contributed by atoms with van der Waals surface area (Å²) in [6.45, 7) is 3.18. The lowest BCUT2D eigenvalue weighted by Crippen LogP contribution is -2.50. The maximum Gasteiger partial charge on any atom is 0.412 e. The minimum Gasteiger partial charge on any atom is -0.492 e.